The van der Waals surface area contributed by atoms with Gasteiger partial charge in [-0.1, -0.05) is 54.1 Å². The minimum Gasteiger partial charge on any atom is -0.354 e. The fourth-order valence-corrected chi connectivity index (χ4v) is 3.86. The van der Waals surface area contributed by atoms with Gasteiger partial charge in [-0.3, -0.25) is 14.9 Å². The van der Waals surface area contributed by atoms with Crippen molar-refractivity contribution >= 4 is 28.4 Å². The van der Waals surface area contributed by atoms with Crippen LogP contribution in [0.4, 0.5) is 5.69 Å². The van der Waals surface area contributed by atoms with Gasteiger partial charge in [0.05, 0.1) is 10.6 Å². The highest BCUT2D eigenvalue weighted by Gasteiger charge is 2.19. The molecule has 0 amide bonds. The number of aryl methyl sites for hydroxylation is 2. The van der Waals surface area contributed by atoms with E-state index in [-0.39, 0.29) is 16.8 Å². The van der Waals surface area contributed by atoms with E-state index in [9.17, 15) is 20.2 Å². The number of nitriles is 1. The third-order valence-electron chi connectivity index (χ3n) is 5.32. The van der Waals surface area contributed by atoms with Gasteiger partial charge in [-0.05, 0) is 37.1 Å². The van der Waals surface area contributed by atoms with Gasteiger partial charge in [0.25, 0.3) is 5.69 Å². The van der Waals surface area contributed by atoms with Crippen LogP contribution >= 0.6 is 0 Å². The average molecular weight is 421 g/mol. The summed E-state index contributed by atoms with van der Waals surface area (Å²) in [6, 6.07) is 21.2. The molecular weight excluding hydrogens is 402 g/mol. The van der Waals surface area contributed by atoms with Crippen LogP contribution in [0.15, 0.2) is 72.3 Å². The molecule has 0 aliphatic heterocycles. The Hall–Kier alpha value is -4.50. The molecule has 0 spiro atoms. The molecule has 0 unspecified atom stereocenters. The van der Waals surface area contributed by atoms with Crippen molar-refractivity contribution in [3.05, 3.63) is 105 Å². The van der Waals surface area contributed by atoms with E-state index in [1.54, 1.807) is 6.08 Å². The average Bonchev–Trinajstić information content (AvgIpc) is 3.16. The molecule has 32 heavy (non-hydrogen) atoms. The minimum absolute atomic E-state index is 0.0947. The molecule has 156 valence electrons. The minimum atomic E-state index is -0.564. The van der Waals surface area contributed by atoms with Crippen molar-refractivity contribution in [2.24, 2.45) is 0 Å². The third kappa shape index (κ3) is 3.80. The molecule has 3 aromatic carbocycles. The molecular formula is C26H19N3O3. The number of aromatic nitrogens is 1. The number of non-ortho nitro benzene ring substituents is 1. The lowest BCUT2D eigenvalue weighted by atomic mass is 9.97. The molecule has 1 N–H and O–H groups in total. The van der Waals surface area contributed by atoms with Gasteiger partial charge in [-0.15, -0.1) is 0 Å². The predicted octanol–water partition coefficient (Wildman–Crippen LogP) is 6.15. The summed E-state index contributed by atoms with van der Waals surface area (Å²) in [5.41, 5.74) is 5.31. The summed E-state index contributed by atoms with van der Waals surface area (Å²) >= 11 is 0. The van der Waals surface area contributed by atoms with Gasteiger partial charge in [0.2, 0.25) is 5.78 Å². The number of aromatic amines is 1. The van der Waals surface area contributed by atoms with Crippen molar-refractivity contribution in [3.63, 3.8) is 0 Å². The number of H-pyrrole nitrogens is 1. The number of benzene rings is 3. The third-order valence-corrected chi connectivity index (χ3v) is 5.32. The molecule has 0 radical (unpaired) electrons. The number of carbonyl (C=O) groups is 1. The number of hydrogen-bond donors (Lipinski definition) is 1. The topological polar surface area (TPSA) is 99.8 Å². The van der Waals surface area contributed by atoms with E-state index in [1.807, 2.05) is 56.3 Å². The van der Waals surface area contributed by atoms with E-state index in [0.29, 0.717) is 0 Å². The number of nitro benzene ring substituents is 1. The molecule has 4 rings (SSSR count). The maximum absolute atomic E-state index is 13.1. The van der Waals surface area contributed by atoms with E-state index >= 15 is 0 Å². The van der Waals surface area contributed by atoms with Gasteiger partial charge in [-0.25, -0.2) is 0 Å². The van der Waals surface area contributed by atoms with Crippen LogP contribution < -0.4 is 0 Å². The summed E-state index contributed by atoms with van der Waals surface area (Å²) in [6.07, 6.45) is 1.57. The summed E-state index contributed by atoms with van der Waals surface area (Å²) < 4.78 is 0. The van der Waals surface area contributed by atoms with Crippen molar-refractivity contribution in [2.75, 3.05) is 0 Å². The fraction of sp³-hybridized carbons (Fsp3) is 0.0769. The molecule has 0 saturated heterocycles. The largest absolute Gasteiger partial charge is 0.354 e. The van der Waals surface area contributed by atoms with Crippen LogP contribution in [0.2, 0.25) is 0 Å². The number of nitro groups is 1. The highest BCUT2D eigenvalue weighted by atomic mass is 16.6. The quantitative estimate of drug-likeness (QED) is 0.137. The lowest BCUT2D eigenvalue weighted by Gasteiger charge is -2.04. The first-order chi connectivity index (χ1) is 15.4. The van der Waals surface area contributed by atoms with Crippen LogP contribution in [0.25, 0.3) is 28.2 Å². The molecule has 1 aromatic heterocycles. The number of fused-ring (bicyclic) bond motifs is 1. The maximum atomic E-state index is 13.1. The van der Waals surface area contributed by atoms with Crippen LogP contribution in [-0.4, -0.2) is 15.7 Å². The highest BCUT2D eigenvalue weighted by molar-refractivity contribution is 6.15. The van der Waals surface area contributed by atoms with Crippen molar-refractivity contribution in [1.29, 1.82) is 5.26 Å². The lowest BCUT2D eigenvalue weighted by molar-refractivity contribution is -0.384. The Morgan fingerprint density at radius 3 is 2.50 bits per heavy atom. The van der Waals surface area contributed by atoms with E-state index in [2.05, 4.69) is 11.1 Å². The number of hydrogen-bond acceptors (Lipinski definition) is 4. The first-order valence-electron chi connectivity index (χ1n) is 9.98. The molecule has 4 aromatic rings. The fourth-order valence-electron chi connectivity index (χ4n) is 3.86. The molecule has 0 atom stereocenters. The predicted molar refractivity (Wildman–Crippen MR) is 124 cm³/mol. The van der Waals surface area contributed by atoms with Crippen molar-refractivity contribution < 1.29 is 9.72 Å². The number of carbonyl (C=O) groups excluding carboxylic acids is 1. The zero-order valence-corrected chi connectivity index (χ0v) is 17.5. The van der Waals surface area contributed by atoms with E-state index in [4.69, 9.17) is 0 Å². The molecule has 1 heterocycles. The first-order valence-corrected chi connectivity index (χ1v) is 9.98. The van der Waals surface area contributed by atoms with Crippen molar-refractivity contribution in [3.8, 4) is 17.3 Å². The normalized spacial score (nSPS) is 11.3. The van der Waals surface area contributed by atoms with Crippen LogP contribution in [0.5, 0.6) is 0 Å². The van der Waals surface area contributed by atoms with Gasteiger partial charge >= 0.3 is 0 Å². The Bertz CT molecular complexity index is 1440. The molecule has 0 saturated carbocycles. The molecule has 6 heteroatoms. The van der Waals surface area contributed by atoms with E-state index < -0.39 is 10.7 Å². The van der Waals surface area contributed by atoms with Gasteiger partial charge in [-0.2, -0.15) is 5.26 Å². The van der Waals surface area contributed by atoms with Crippen LogP contribution in [-0.2, 0) is 0 Å². The zero-order chi connectivity index (χ0) is 22.8. The number of nitrogens with zero attached hydrogens (tertiary/aromatic N) is 2. The van der Waals surface area contributed by atoms with Crippen LogP contribution in [0, 0.1) is 35.3 Å². The number of Topliss-reactive ketones (excluding diaryl/α,β-unsaturated/α-hetero) is 1. The van der Waals surface area contributed by atoms with Crippen molar-refractivity contribution in [2.45, 2.75) is 13.8 Å². The smallest absolute Gasteiger partial charge is 0.270 e. The number of rotatable bonds is 5. The summed E-state index contributed by atoms with van der Waals surface area (Å²) in [7, 11) is 0. The Labute approximate surface area is 184 Å². The number of nitrogens with one attached hydrogen (secondary N) is 1. The number of ketones is 1. The number of allylic oxidation sites excluding steroid dienone is 1. The summed E-state index contributed by atoms with van der Waals surface area (Å²) in [6.45, 7) is 4.00. The van der Waals surface area contributed by atoms with Gasteiger partial charge in [0.1, 0.15) is 11.6 Å². The second-order valence-corrected chi connectivity index (χ2v) is 7.59. The monoisotopic (exact) mass is 421 g/mol. The molecule has 6 nitrogen and oxygen atoms in total. The first kappa shape index (κ1) is 20.8. The summed E-state index contributed by atoms with van der Waals surface area (Å²) in [5.74, 6) is -0.561. The Morgan fingerprint density at radius 2 is 1.81 bits per heavy atom. The SMILES string of the molecule is Cc1cc(C)c2[nH]c(-c3ccccc3)c(/C=C(\C#N)C(=O)c3cccc([N+](=O)[O-])c3)c2c1. The highest BCUT2D eigenvalue weighted by Crippen LogP contribution is 2.34. The van der Waals surface area contributed by atoms with E-state index in [0.717, 1.165) is 38.9 Å². The van der Waals surface area contributed by atoms with Crippen LogP contribution in [0.3, 0.4) is 0 Å². The second kappa shape index (κ2) is 8.32. The van der Waals surface area contributed by atoms with E-state index in [1.165, 1.54) is 24.3 Å². The summed E-state index contributed by atoms with van der Waals surface area (Å²) in [5, 5.41) is 21.8. The maximum Gasteiger partial charge on any atom is 0.270 e. The van der Waals surface area contributed by atoms with Crippen molar-refractivity contribution in [1.82, 2.24) is 4.98 Å². The molecule has 0 aliphatic rings. The summed E-state index contributed by atoms with van der Waals surface area (Å²) in [4.78, 5) is 27.1. The van der Waals surface area contributed by atoms with Gasteiger partial charge in [0.15, 0.2) is 0 Å². The second-order valence-electron chi connectivity index (χ2n) is 7.59. The Kier molecular flexibility index (Phi) is 5.40. The van der Waals surface area contributed by atoms with Gasteiger partial charge in [0, 0.05) is 34.2 Å². The van der Waals surface area contributed by atoms with Gasteiger partial charge < -0.3 is 4.98 Å². The van der Waals surface area contributed by atoms with Crippen LogP contribution in [0.1, 0.15) is 27.0 Å². The molecule has 0 aliphatic carbocycles. The Morgan fingerprint density at radius 1 is 1.06 bits per heavy atom. The Balaban J connectivity index is 1.93. The molecule has 0 bridgehead atoms. The molecule has 0 fully saturated rings. The standard InChI is InChI=1S/C26H19N3O3/c1-16-11-17(2)24-22(12-16)23(25(28-24)18-7-4-3-5-8-18)14-20(15-27)26(30)19-9-6-10-21(13-19)29(31)32/h3-14,28H,1-2H3/b20-14+. The zero-order valence-electron chi connectivity index (χ0n) is 17.5. The lowest BCUT2D eigenvalue weighted by Crippen LogP contribution is -2.03.